The summed E-state index contributed by atoms with van der Waals surface area (Å²) < 4.78 is 1.92. The van der Waals surface area contributed by atoms with Crippen molar-refractivity contribution >= 4 is 23.3 Å². The van der Waals surface area contributed by atoms with Crippen LogP contribution in [-0.4, -0.2) is 54.4 Å². The number of nitrogens with zero attached hydrogens (tertiary/aromatic N) is 8. The average molecular weight is 427 g/mol. The average Bonchev–Trinajstić information content (AvgIpc) is 3.50. The van der Waals surface area contributed by atoms with Crippen LogP contribution in [0.25, 0.3) is 17.0 Å². The molecular weight excluding hydrogens is 406 g/mol. The molecule has 2 N–H and O–H groups in total. The van der Waals surface area contributed by atoms with Gasteiger partial charge in [-0.15, -0.1) is 0 Å². The van der Waals surface area contributed by atoms with E-state index in [0.29, 0.717) is 30.4 Å². The van der Waals surface area contributed by atoms with Gasteiger partial charge in [-0.25, -0.2) is 9.97 Å². The molecule has 1 unspecified atom stereocenters. The predicted molar refractivity (Wildman–Crippen MR) is 118 cm³/mol. The van der Waals surface area contributed by atoms with Gasteiger partial charge in [-0.05, 0) is 19.4 Å². The fourth-order valence-electron chi connectivity index (χ4n) is 4.44. The first kappa shape index (κ1) is 18.8. The number of pyridine rings is 1. The van der Waals surface area contributed by atoms with Crippen molar-refractivity contribution < 1.29 is 4.79 Å². The van der Waals surface area contributed by atoms with Crippen molar-refractivity contribution in [2.45, 2.75) is 25.9 Å². The number of imidazole rings is 1. The van der Waals surface area contributed by atoms with Crippen LogP contribution in [0.5, 0.6) is 0 Å². The van der Waals surface area contributed by atoms with Gasteiger partial charge in [0.15, 0.2) is 5.65 Å². The van der Waals surface area contributed by atoms with Crippen molar-refractivity contribution in [3.8, 4) is 11.4 Å². The third-order valence-electron chi connectivity index (χ3n) is 6.02. The summed E-state index contributed by atoms with van der Waals surface area (Å²) in [5, 5.41) is 0. The molecule has 1 amide bonds. The zero-order chi connectivity index (χ0) is 21.8. The van der Waals surface area contributed by atoms with Gasteiger partial charge in [0.05, 0.1) is 30.3 Å². The highest BCUT2D eigenvalue weighted by Crippen LogP contribution is 2.34. The fraction of sp³-hybridized carbons (Fsp3) is 0.273. The highest BCUT2D eigenvalue weighted by atomic mass is 16.2. The molecular formula is C22H21N9O. The summed E-state index contributed by atoms with van der Waals surface area (Å²) in [6, 6.07) is 3.73. The van der Waals surface area contributed by atoms with Gasteiger partial charge < -0.3 is 10.6 Å². The van der Waals surface area contributed by atoms with Crippen molar-refractivity contribution in [1.82, 2.24) is 29.3 Å². The molecule has 32 heavy (non-hydrogen) atoms. The lowest BCUT2D eigenvalue weighted by Crippen LogP contribution is -2.29. The minimum Gasteiger partial charge on any atom is -0.339 e. The Morgan fingerprint density at radius 1 is 1.16 bits per heavy atom. The maximum absolute atomic E-state index is 13.4. The standard InChI is InChI=1S/C22H21N9O/c1-13-8-18(28-22(27-13)29-6-3-14(23)11-29)31-12-16-15(21(31)32)2-4-25-20(16)17-9-26-19-10-24-5-7-30(17)19/h2,4-5,7-10,14H,3,6,11-12,23H2,1H3. The van der Waals surface area contributed by atoms with Crippen molar-refractivity contribution in [3.05, 3.63) is 59.9 Å². The van der Waals surface area contributed by atoms with Gasteiger partial charge >= 0.3 is 0 Å². The van der Waals surface area contributed by atoms with Crippen LogP contribution < -0.4 is 15.5 Å². The first-order valence-electron chi connectivity index (χ1n) is 10.5. The van der Waals surface area contributed by atoms with Crippen LogP contribution in [0.3, 0.4) is 0 Å². The number of aryl methyl sites for hydroxylation is 1. The Balaban J connectivity index is 1.40. The first-order chi connectivity index (χ1) is 15.6. The van der Waals surface area contributed by atoms with E-state index in [4.69, 9.17) is 10.7 Å². The summed E-state index contributed by atoms with van der Waals surface area (Å²) in [6.45, 7) is 3.83. The molecule has 1 atom stereocenters. The zero-order valence-corrected chi connectivity index (χ0v) is 17.5. The number of carbonyl (C=O) groups excluding carboxylic acids is 1. The van der Waals surface area contributed by atoms with E-state index in [1.165, 1.54) is 0 Å². The molecule has 1 fully saturated rings. The Kier molecular flexibility index (Phi) is 4.15. The molecule has 0 saturated carbocycles. The van der Waals surface area contributed by atoms with E-state index in [0.717, 1.165) is 41.3 Å². The number of anilines is 2. The van der Waals surface area contributed by atoms with E-state index < -0.39 is 0 Å². The van der Waals surface area contributed by atoms with E-state index >= 15 is 0 Å². The van der Waals surface area contributed by atoms with Crippen molar-refractivity contribution in [2.75, 3.05) is 22.9 Å². The normalized spacial score (nSPS) is 18.1. The lowest BCUT2D eigenvalue weighted by atomic mass is 10.1. The third kappa shape index (κ3) is 2.91. The van der Waals surface area contributed by atoms with Gasteiger partial charge in [0, 0.05) is 60.6 Å². The smallest absolute Gasteiger partial charge is 0.260 e. The molecule has 0 aromatic carbocycles. The molecule has 0 aliphatic carbocycles. The van der Waals surface area contributed by atoms with E-state index in [9.17, 15) is 4.79 Å². The van der Waals surface area contributed by atoms with Crippen LogP contribution in [-0.2, 0) is 6.54 Å². The first-order valence-corrected chi connectivity index (χ1v) is 10.5. The van der Waals surface area contributed by atoms with Gasteiger partial charge in [0.25, 0.3) is 5.91 Å². The molecule has 0 spiro atoms. The quantitative estimate of drug-likeness (QED) is 0.524. The number of hydrogen-bond acceptors (Lipinski definition) is 8. The highest BCUT2D eigenvalue weighted by molar-refractivity contribution is 6.10. The van der Waals surface area contributed by atoms with Crippen molar-refractivity contribution in [3.63, 3.8) is 0 Å². The summed E-state index contributed by atoms with van der Waals surface area (Å²) in [5.74, 6) is 1.10. The van der Waals surface area contributed by atoms with Crippen molar-refractivity contribution in [2.24, 2.45) is 5.73 Å². The maximum atomic E-state index is 13.4. The summed E-state index contributed by atoms with van der Waals surface area (Å²) in [5.41, 5.74) is 10.6. The zero-order valence-electron chi connectivity index (χ0n) is 17.5. The fourth-order valence-corrected chi connectivity index (χ4v) is 4.44. The Hall–Kier alpha value is -3.92. The summed E-state index contributed by atoms with van der Waals surface area (Å²) in [4.78, 5) is 39.6. The van der Waals surface area contributed by atoms with E-state index in [1.807, 2.05) is 23.6 Å². The number of hydrogen-bond donors (Lipinski definition) is 1. The Labute approximate surface area is 183 Å². The second-order valence-corrected chi connectivity index (χ2v) is 8.19. The maximum Gasteiger partial charge on any atom is 0.260 e. The molecule has 10 heteroatoms. The Morgan fingerprint density at radius 3 is 2.91 bits per heavy atom. The largest absolute Gasteiger partial charge is 0.339 e. The van der Waals surface area contributed by atoms with Gasteiger partial charge in [-0.2, -0.15) is 4.98 Å². The molecule has 6 heterocycles. The summed E-state index contributed by atoms with van der Waals surface area (Å²) >= 11 is 0. The summed E-state index contributed by atoms with van der Waals surface area (Å²) in [6.07, 6.45) is 9.57. The number of fused-ring (bicyclic) bond motifs is 2. The molecule has 1 saturated heterocycles. The molecule has 0 radical (unpaired) electrons. The van der Waals surface area contributed by atoms with Gasteiger partial charge in [0.2, 0.25) is 5.95 Å². The Bertz CT molecular complexity index is 1360. The number of rotatable bonds is 3. The van der Waals surface area contributed by atoms with E-state index in [2.05, 4.69) is 24.8 Å². The van der Waals surface area contributed by atoms with Crippen molar-refractivity contribution in [1.29, 1.82) is 0 Å². The van der Waals surface area contributed by atoms with Crippen LogP contribution in [0.15, 0.2) is 43.1 Å². The van der Waals surface area contributed by atoms with Crippen LogP contribution in [0.2, 0.25) is 0 Å². The molecule has 2 aliphatic heterocycles. The van der Waals surface area contributed by atoms with Crippen LogP contribution in [0, 0.1) is 6.92 Å². The van der Waals surface area contributed by atoms with Gasteiger partial charge in [-0.3, -0.25) is 24.1 Å². The number of amides is 1. The predicted octanol–water partition coefficient (Wildman–Crippen LogP) is 1.59. The lowest BCUT2D eigenvalue weighted by molar-refractivity contribution is 0.0996. The summed E-state index contributed by atoms with van der Waals surface area (Å²) in [7, 11) is 0. The monoisotopic (exact) mass is 427 g/mol. The molecule has 160 valence electrons. The highest BCUT2D eigenvalue weighted by Gasteiger charge is 2.33. The topological polar surface area (TPSA) is 118 Å². The molecule has 4 aromatic heterocycles. The molecule has 0 bridgehead atoms. The SMILES string of the molecule is Cc1cc(N2Cc3c(ccnc3-c3cnc4cnccn34)C2=O)nc(N2CCC(N)C2)n1. The second-order valence-electron chi connectivity index (χ2n) is 8.19. The third-order valence-corrected chi connectivity index (χ3v) is 6.02. The minimum atomic E-state index is -0.0960. The molecule has 6 rings (SSSR count). The number of nitrogens with two attached hydrogens (primary N) is 1. The lowest BCUT2D eigenvalue weighted by Gasteiger charge is -2.20. The Morgan fingerprint density at radius 2 is 2.06 bits per heavy atom. The van der Waals surface area contributed by atoms with Crippen LogP contribution >= 0.6 is 0 Å². The van der Waals surface area contributed by atoms with Crippen LogP contribution in [0.4, 0.5) is 11.8 Å². The molecule has 4 aromatic rings. The molecule has 2 aliphatic rings. The molecule has 10 nitrogen and oxygen atoms in total. The second kappa shape index (κ2) is 7.06. The number of carbonyl (C=O) groups is 1. The van der Waals surface area contributed by atoms with E-state index in [-0.39, 0.29) is 11.9 Å². The van der Waals surface area contributed by atoms with Crippen LogP contribution in [0.1, 0.15) is 28.0 Å². The van der Waals surface area contributed by atoms with E-state index in [1.54, 1.807) is 35.8 Å². The minimum absolute atomic E-state index is 0.0960. The van der Waals surface area contributed by atoms with Gasteiger partial charge in [0.1, 0.15) is 5.82 Å². The number of aromatic nitrogens is 6. The van der Waals surface area contributed by atoms with Gasteiger partial charge in [-0.1, -0.05) is 0 Å².